The molecule has 0 aromatic heterocycles. The van der Waals surface area contributed by atoms with E-state index in [1.54, 1.807) is 0 Å². The van der Waals surface area contributed by atoms with Gasteiger partial charge in [0.25, 0.3) is 0 Å². The van der Waals surface area contributed by atoms with Crippen LogP contribution in [-0.4, -0.2) is 24.7 Å². The van der Waals surface area contributed by atoms with E-state index >= 15 is 0 Å². The molecule has 1 rings (SSSR count). The highest BCUT2D eigenvalue weighted by atomic mass is 16.3. The van der Waals surface area contributed by atoms with Crippen molar-refractivity contribution >= 4 is 0 Å². The molecule has 0 heterocycles. The predicted molar refractivity (Wildman–Crippen MR) is 72.1 cm³/mol. The summed E-state index contributed by atoms with van der Waals surface area (Å²) in [5.41, 5.74) is 1.02. The molecule has 2 N–H and O–H groups in total. The minimum Gasteiger partial charge on any atom is -0.382 e. The molecule has 1 unspecified atom stereocenters. The molecule has 0 fully saturated rings. The van der Waals surface area contributed by atoms with Crippen LogP contribution in [-0.2, 0) is 0 Å². The molecule has 0 amide bonds. The molecule has 0 radical (unpaired) electrons. The summed E-state index contributed by atoms with van der Waals surface area (Å²) in [5, 5.41) is 10.3. The van der Waals surface area contributed by atoms with E-state index in [0.29, 0.717) is 0 Å². The molecular formula is C15H26NO+. The number of likely N-dealkylation sites (N-methyl/N-ethyl adjacent to an activating group) is 1. The molecule has 1 aromatic carbocycles. The molecule has 1 aromatic rings. The maximum Gasteiger partial charge on any atom is 0.130 e. The van der Waals surface area contributed by atoms with Crippen molar-refractivity contribution in [2.24, 2.45) is 0 Å². The summed E-state index contributed by atoms with van der Waals surface area (Å²) in [5.74, 6) is 0. The second kappa shape index (κ2) is 7.46. The van der Waals surface area contributed by atoms with Crippen LogP contribution in [0, 0.1) is 0 Å². The van der Waals surface area contributed by atoms with Gasteiger partial charge in [0.1, 0.15) is 12.1 Å². The van der Waals surface area contributed by atoms with Gasteiger partial charge in [-0.3, -0.25) is 0 Å². The van der Waals surface area contributed by atoms with E-state index in [1.807, 2.05) is 30.3 Å². The van der Waals surface area contributed by atoms with Crippen LogP contribution >= 0.6 is 0 Å². The minimum absolute atomic E-state index is 0.245. The molecule has 2 nitrogen and oxygen atoms in total. The average molecular weight is 236 g/mol. The summed E-state index contributed by atoms with van der Waals surface area (Å²) in [6, 6.07) is 10.2. The number of nitrogens with one attached hydrogen (secondary N) is 1. The summed E-state index contributed by atoms with van der Waals surface area (Å²) >= 11 is 0. The monoisotopic (exact) mass is 236 g/mol. The summed E-state index contributed by atoms with van der Waals surface area (Å²) < 4.78 is 0. The standard InChI is InChI=1S/C15H25NO/c1-4-5-9-12-16(3)13(2)15(17)14-10-7-6-8-11-14/h6-8,10-11,13,15,17H,4-5,9,12H2,1-3H3/p+1/t13-,15+/m1/s1. The third kappa shape index (κ3) is 4.49. The van der Waals surface area contributed by atoms with Gasteiger partial charge in [0.2, 0.25) is 0 Å². The zero-order chi connectivity index (χ0) is 12.7. The minimum atomic E-state index is -0.363. The van der Waals surface area contributed by atoms with Gasteiger partial charge in [-0.1, -0.05) is 43.7 Å². The van der Waals surface area contributed by atoms with Crippen molar-refractivity contribution in [1.82, 2.24) is 0 Å². The van der Waals surface area contributed by atoms with E-state index in [-0.39, 0.29) is 12.1 Å². The highest BCUT2D eigenvalue weighted by Gasteiger charge is 2.23. The molecule has 0 saturated heterocycles. The molecule has 0 aliphatic carbocycles. The van der Waals surface area contributed by atoms with Crippen molar-refractivity contribution in [1.29, 1.82) is 0 Å². The van der Waals surface area contributed by atoms with Crippen molar-refractivity contribution in [2.45, 2.75) is 45.3 Å². The van der Waals surface area contributed by atoms with E-state index in [2.05, 4.69) is 20.9 Å². The maximum atomic E-state index is 10.3. The van der Waals surface area contributed by atoms with Crippen LogP contribution in [0.4, 0.5) is 0 Å². The number of aliphatic hydroxyl groups excluding tert-OH is 1. The number of benzene rings is 1. The van der Waals surface area contributed by atoms with Crippen molar-refractivity contribution in [3.8, 4) is 0 Å². The van der Waals surface area contributed by atoms with Gasteiger partial charge >= 0.3 is 0 Å². The van der Waals surface area contributed by atoms with Gasteiger partial charge in [0.15, 0.2) is 0 Å². The molecule has 3 atom stereocenters. The molecule has 0 bridgehead atoms. The van der Waals surface area contributed by atoms with Gasteiger partial charge < -0.3 is 10.0 Å². The van der Waals surface area contributed by atoms with Crippen LogP contribution in [0.1, 0.15) is 44.8 Å². The lowest BCUT2D eigenvalue weighted by atomic mass is 10.0. The van der Waals surface area contributed by atoms with Crippen LogP contribution in [0.2, 0.25) is 0 Å². The SMILES string of the molecule is CCCCC[NH+](C)[C@H](C)[C@H](O)c1ccccc1. The lowest BCUT2D eigenvalue weighted by molar-refractivity contribution is -0.908. The van der Waals surface area contributed by atoms with Crippen molar-refractivity contribution in [2.75, 3.05) is 13.6 Å². The summed E-state index contributed by atoms with van der Waals surface area (Å²) in [6.45, 7) is 5.48. The van der Waals surface area contributed by atoms with Crippen LogP contribution in [0.25, 0.3) is 0 Å². The Bertz CT molecular complexity index is 299. The quantitative estimate of drug-likeness (QED) is 0.694. The smallest absolute Gasteiger partial charge is 0.130 e. The number of rotatable bonds is 7. The van der Waals surface area contributed by atoms with E-state index in [0.717, 1.165) is 12.1 Å². The van der Waals surface area contributed by atoms with Crippen molar-refractivity contribution in [3.05, 3.63) is 35.9 Å². The van der Waals surface area contributed by atoms with Crippen LogP contribution < -0.4 is 4.90 Å². The predicted octanol–water partition coefficient (Wildman–Crippen LogP) is 1.81. The molecule has 17 heavy (non-hydrogen) atoms. The summed E-state index contributed by atoms with van der Waals surface area (Å²) in [4.78, 5) is 1.41. The molecule has 0 aliphatic heterocycles. The largest absolute Gasteiger partial charge is 0.382 e. The van der Waals surface area contributed by atoms with Crippen LogP contribution in [0.3, 0.4) is 0 Å². The fourth-order valence-electron chi connectivity index (χ4n) is 2.09. The molecule has 0 spiro atoms. The topological polar surface area (TPSA) is 24.7 Å². The lowest BCUT2D eigenvalue weighted by Gasteiger charge is -2.26. The highest BCUT2D eigenvalue weighted by molar-refractivity contribution is 5.17. The molecule has 2 heteroatoms. The average Bonchev–Trinajstić information content (AvgIpc) is 2.38. The first kappa shape index (κ1) is 14.2. The second-order valence-corrected chi connectivity index (χ2v) is 4.95. The van der Waals surface area contributed by atoms with E-state index in [9.17, 15) is 5.11 Å². The first-order valence-corrected chi connectivity index (χ1v) is 6.72. The Morgan fingerprint density at radius 3 is 2.41 bits per heavy atom. The molecule has 0 aliphatic rings. The fraction of sp³-hybridized carbons (Fsp3) is 0.600. The molecule has 0 saturated carbocycles. The first-order valence-electron chi connectivity index (χ1n) is 6.72. The number of unbranched alkanes of at least 4 members (excludes halogenated alkanes) is 2. The van der Waals surface area contributed by atoms with Gasteiger partial charge in [0.05, 0.1) is 13.6 Å². The normalized spacial score (nSPS) is 16.5. The van der Waals surface area contributed by atoms with Crippen LogP contribution in [0.15, 0.2) is 30.3 Å². The van der Waals surface area contributed by atoms with Crippen molar-refractivity contribution < 1.29 is 10.0 Å². The Morgan fingerprint density at radius 2 is 1.82 bits per heavy atom. The zero-order valence-electron chi connectivity index (χ0n) is 11.3. The number of hydrogen-bond donors (Lipinski definition) is 2. The van der Waals surface area contributed by atoms with Crippen LogP contribution in [0.5, 0.6) is 0 Å². The Morgan fingerprint density at radius 1 is 1.18 bits per heavy atom. The molecule has 96 valence electrons. The Hall–Kier alpha value is -0.860. The van der Waals surface area contributed by atoms with Gasteiger partial charge in [-0.2, -0.15) is 0 Å². The Labute approximate surface area is 105 Å². The van der Waals surface area contributed by atoms with Crippen molar-refractivity contribution in [3.63, 3.8) is 0 Å². The third-order valence-corrected chi connectivity index (χ3v) is 3.57. The zero-order valence-corrected chi connectivity index (χ0v) is 11.3. The maximum absolute atomic E-state index is 10.3. The number of quaternary nitrogens is 1. The molecular weight excluding hydrogens is 210 g/mol. The van der Waals surface area contributed by atoms with Gasteiger partial charge in [-0.25, -0.2) is 0 Å². The van der Waals surface area contributed by atoms with E-state index in [4.69, 9.17) is 0 Å². The lowest BCUT2D eigenvalue weighted by Crippen LogP contribution is -3.13. The van der Waals surface area contributed by atoms with Gasteiger partial charge in [0, 0.05) is 0 Å². The van der Waals surface area contributed by atoms with E-state index in [1.165, 1.54) is 24.2 Å². The van der Waals surface area contributed by atoms with E-state index < -0.39 is 0 Å². The summed E-state index contributed by atoms with van der Waals surface area (Å²) in [6.07, 6.45) is 3.42. The highest BCUT2D eigenvalue weighted by Crippen LogP contribution is 2.14. The summed E-state index contributed by atoms with van der Waals surface area (Å²) in [7, 11) is 2.17. The van der Waals surface area contributed by atoms with Gasteiger partial charge in [-0.15, -0.1) is 0 Å². The Kier molecular flexibility index (Phi) is 6.23. The third-order valence-electron chi connectivity index (χ3n) is 3.57. The first-order chi connectivity index (χ1) is 8.16. The van der Waals surface area contributed by atoms with Gasteiger partial charge in [-0.05, 0) is 25.3 Å². The number of aliphatic hydroxyl groups is 1. The second-order valence-electron chi connectivity index (χ2n) is 4.95. The Balaban J connectivity index is 2.48. The number of hydrogen-bond acceptors (Lipinski definition) is 1. The fourth-order valence-corrected chi connectivity index (χ4v) is 2.09.